The van der Waals surface area contributed by atoms with Gasteiger partial charge in [0.15, 0.2) is 0 Å². The lowest BCUT2D eigenvalue weighted by Crippen LogP contribution is -2.45. The number of rotatable bonds is 6. The number of hydrogen-bond donors (Lipinski definition) is 3. The molecule has 0 aliphatic carbocycles. The number of urea groups is 1. The molecular weight excluding hydrogens is 254 g/mol. The molecule has 1 aromatic heterocycles. The van der Waals surface area contributed by atoms with Crippen molar-refractivity contribution < 1.29 is 14.7 Å². The number of aliphatic carboxylic acids is 1. The summed E-state index contributed by atoms with van der Waals surface area (Å²) >= 11 is 1.54. The molecule has 0 fully saturated rings. The van der Waals surface area contributed by atoms with Gasteiger partial charge in [-0.3, -0.25) is 0 Å². The Kier molecular flexibility index (Phi) is 5.57. The summed E-state index contributed by atoms with van der Waals surface area (Å²) in [6.45, 7) is 4.05. The van der Waals surface area contributed by atoms with Gasteiger partial charge in [0.1, 0.15) is 11.0 Å². The number of hydrogen-bond acceptors (Lipinski definition) is 4. The molecule has 0 unspecified atom stereocenters. The quantitative estimate of drug-likeness (QED) is 0.728. The fourth-order valence-corrected chi connectivity index (χ4v) is 2.10. The van der Waals surface area contributed by atoms with Gasteiger partial charge in [-0.2, -0.15) is 0 Å². The van der Waals surface area contributed by atoms with Gasteiger partial charge in [0.25, 0.3) is 0 Å². The van der Waals surface area contributed by atoms with Crippen LogP contribution in [0.4, 0.5) is 4.79 Å². The van der Waals surface area contributed by atoms with Crippen molar-refractivity contribution in [2.24, 2.45) is 0 Å². The molecule has 1 heterocycles. The molecule has 0 spiro atoms. The van der Waals surface area contributed by atoms with Crippen molar-refractivity contribution in [3.8, 4) is 0 Å². The topological polar surface area (TPSA) is 91.3 Å². The minimum atomic E-state index is -1.03. The minimum absolute atomic E-state index is 0.312. The second-order valence-electron chi connectivity index (χ2n) is 3.70. The highest BCUT2D eigenvalue weighted by Crippen LogP contribution is 2.12. The average Bonchev–Trinajstić information content (AvgIpc) is 2.81. The van der Waals surface area contributed by atoms with Crippen molar-refractivity contribution in [3.63, 3.8) is 0 Å². The molecule has 100 valence electrons. The van der Waals surface area contributed by atoms with Crippen molar-refractivity contribution in [2.75, 3.05) is 0 Å². The standard InChI is InChI=1S/C11H17N3O3S/c1-3-7-5-12-9(18-7)6-13-11(17)14-8(4-2)10(15)16/h5,8H,3-4,6H2,1-2H3,(H,15,16)(H2,13,14,17)/t8-/m0/s1. The maximum atomic E-state index is 11.5. The van der Waals surface area contributed by atoms with Crippen LogP contribution in [-0.2, 0) is 17.8 Å². The largest absolute Gasteiger partial charge is 0.480 e. The maximum Gasteiger partial charge on any atom is 0.326 e. The number of aromatic nitrogens is 1. The fraction of sp³-hybridized carbons (Fsp3) is 0.545. The summed E-state index contributed by atoms with van der Waals surface area (Å²) in [6, 6.07) is -1.34. The number of carboxylic acid groups (broad SMARTS) is 1. The van der Waals surface area contributed by atoms with Crippen LogP contribution in [0.15, 0.2) is 6.20 Å². The van der Waals surface area contributed by atoms with E-state index >= 15 is 0 Å². The van der Waals surface area contributed by atoms with Crippen LogP contribution in [0, 0.1) is 0 Å². The third kappa shape index (κ3) is 4.33. The lowest BCUT2D eigenvalue weighted by Gasteiger charge is -2.12. The van der Waals surface area contributed by atoms with E-state index in [1.54, 1.807) is 13.1 Å². The normalized spacial score (nSPS) is 11.9. The number of aryl methyl sites for hydroxylation is 1. The molecule has 1 atom stereocenters. The van der Waals surface area contributed by atoms with E-state index in [1.165, 1.54) is 11.3 Å². The van der Waals surface area contributed by atoms with Crippen LogP contribution < -0.4 is 10.6 Å². The third-order valence-corrected chi connectivity index (χ3v) is 3.50. The van der Waals surface area contributed by atoms with Crippen molar-refractivity contribution in [1.82, 2.24) is 15.6 Å². The molecule has 2 amide bonds. The summed E-state index contributed by atoms with van der Waals surface area (Å²) in [4.78, 5) is 27.5. The molecular formula is C11H17N3O3S. The molecule has 0 aliphatic rings. The van der Waals surface area contributed by atoms with E-state index in [0.717, 1.165) is 16.3 Å². The summed E-state index contributed by atoms with van der Waals surface area (Å²) in [7, 11) is 0. The minimum Gasteiger partial charge on any atom is -0.480 e. The van der Waals surface area contributed by atoms with Crippen molar-refractivity contribution >= 4 is 23.3 Å². The first kappa shape index (κ1) is 14.4. The number of carboxylic acids is 1. The Morgan fingerprint density at radius 3 is 2.72 bits per heavy atom. The van der Waals surface area contributed by atoms with Crippen LogP contribution in [0.5, 0.6) is 0 Å². The number of thiazole rings is 1. The van der Waals surface area contributed by atoms with Gasteiger partial charge in [0, 0.05) is 11.1 Å². The van der Waals surface area contributed by atoms with Crippen molar-refractivity contribution in [2.45, 2.75) is 39.3 Å². The molecule has 0 saturated carbocycles. The number of amides is 2. The Morgan fingerprint density at radius 2 is 2.22 bits per heavy atom. The summed E-state index contributed by atoms with van der Waals surface area (Å²) in [6.07, 6.45) is 3.05. The summed E-state index contributed by atoms with van der Waals surface area (Å²) in [5, 5.41) is 14.6. The van der Waals surface area contributed by atoms with Crippen molar-refractivity contribution in [3.05, 3.63) is 16.1 Å². The van der Waals surface area contributed by atoms with E-state index in [4.69, 9.17) is 5.11 Å². The van der Waals surface area contributed by atoms with Crippen LogP contribution in [0.3, 0.4) is 0 Å². The van der Waals surface area contributed by atoms with Gasteiger partial charge in [-0.05, 0) is 12.8 Å². The molecule has 0 bridgehead atoms. The Morgan fingerprint density at radius 1 is 1.50 bits per heavy atom. The SMILES string of the molecule is CCc1cnc(CNC(=O)N[C@@H](CC)C(=O)O)s1. The molecule has 1 aromatic rings. The molecule has 6 nitrogen and oxygen atoms in total. The van der Waals surface area contributed by atoms with Gasteiger partial charge in [-0.1, -0.05) is 13.8 Å². The van der Waals surface area contributed by atoms with Gasteiger partial charge < -0.3 is 15.7 Å². The molecule has 0 radical (unpaired) electrons. The monoisotopic (exact) mass is 271 g/mol. The highest BCUT2D eigenvalue weighted by molar-refractivity contribution is 7.11. The summed E-state index contributed by atoms with van der Waals surface area (Å²) in [5.41, 5.74) is 0. The number of carbonyl (C=O) groups is 2. The number of nitrogens with one attached hydrogen (secondary N) is 2. The summed E-state index contributed by atoms with van der Waals surface area (Å²) < 4.78 is 0. The zero-order valence-corrected chi connectivity index (χ0v) is 11.2. The molecule has 18 heavy (non-hydrogen) atoms. The smallest absolute Gasteiger partial charge is 0.326 e. The molecule has 7 heteroatoms. The van der Waals surface area contributed by atoms with Crippen LogP contribution in [0.25, 0.3) is 0 Å². The van der Waals surface area contributed by atoms with Crippen LogP contribution in [0.2, 0.25) is 0 Å². The molecule has 0 aliphatic heterocycles. The average molecular weight is 271 g/mol. The zero-order valence-electron chi connectivity index (χ0n) is 10.4. The Labute approximate surface area is 109 Å². The van der Waals surface area contributed by atoms with E-state index in [9.17, 15) is 9.59 Å². The van der Waals surface area contributed by atoms with Crippen LogP contribution in [-0.4, -0.2) is 28.1 Å². The van der Waals surface area contributed by atoms with E-state index in [2.05, 4.69) is 15.6 Å². The van der Waals surface area contributed by atoms with Gasteiger partial charge in [0.2, 0.25) is 0 Å². The predicted octanol–water partition coefficient (Wildman–Crippen LogP) is 1.37. The van der Waals surface area contributed by atoms with Gasteiger partial charge in [-0.25, -0.2) is 14.6 Å². The molecule has 1 rings (SSSR count). The number of nitrogens with zero attached hydrogens (tertiary/aromatic N) is 1. The first-order valence-electron chi connectivity index (χ1n) is 5.77. The number of carbonyl (C=O) groups excluding carboxylic acids is 1. The van der Waals surface area contributed by atoms with Crippen LogP contribution >= 0.6 is 11.3 Å². The maximum absolute atomic E-state index is 11.5. The Balaban J connectivity index is 2.38. The van der Waals surface area contributed by atoms with E-state index in [1.807, 2.05) is 6.92 Å². The fourth-order valence-electron chi connectivity index (χ4n) is 1.30. The second-order valence-corrected chi connectivity index (χ2v) is 4.90. The lowest BCUT2D eigenvalue weighted by atomic mass is 10.2. The summed E-state index contributed by atoms with van der Waals surface area (Å²) in [5.74, 6) is -1.03. The first-order valence-corrected chi connectivity index (χ1v) is 6.59. The third-order valence-electron chi connectivity index (χ3n) is 2.36. The van der Waals surface area contributed by atoms with E-state index in [0.29, 0.717) is 13.0 Å². The highest BCUT2D eigenvalue weighted by Gasteiger charge is 2.17. The van der Waals surface area contributed by atoms with Crippen molar-refractivity contribution in [1.29, 1.82) is 0 Å². The molecule has 0 aromatic carbocycles. The lowest BCUT2D eigenvalue weighted by molar-refractivity contribution is -0.139. The van der Waals surface area contributed by atoms with E-state index < -0.39 is 18.0 Å². The van der Waals surface area contributed by atoms with E-state index in [-0.39, 0.29) is 0 Å². The zero-order chi connectivity index (χ0) is 13.5. The van der Waals surface area contributed by atoms with Gasteiger partial charge >= 0.3 is 12.0 Å². The molecule has 3 N–H and O–H groups in total. The predicted molar refractivity (Wildman–Crippen MR) is 68.6 cm³/mol. The van der Waals surface area contributed by atoms with Gasteiger partial charge in [-0.15, -0.1) is 11.3 Å². The van der Waals surface area contributed by atoms with Crippen LogP contribution in [0.1, 0.15) is 30.2 Å². The Bertz CT molecular complexity index is 419. The Hall–Kier alpha value is -1.63. The van der Waals surface area contributed by atoms with Gasteiger partial charge in [0.05, 0.1) is 6.54 Å². The highest BCUT2D eigenvalue weighted by atomic mass is 32.1. The second kappa shape index (κ2) is 6.95. The first-order chi connectivity index (χ1) is 8.56. The molecule has 0 saturated heterocycles.